The number of hydrogen-bond acceptors (Lipinski definition) is 1. The Bertz CT molecular complexity index is 678. The van der Waals surface area contributed by atoms with Gasteiger partial charge in [0.2, 0.25) is 5.91 Å². The van der Waals surface area contributed by atoms with E-state index in [9.17, 15) is 4.79 Å². The van der Waals surface area contributed by atoms with Crippen molar-refractivity contribution in [3.05, 3.63) is 64.1 Å². The first-order valence-corrected chi connectivity index (χ1v) is 7.45. The Hall–Kier alpha value is -1.61. The maximum Gasteiger partial charge on any atom is 0.237 e. The summed E-state index contributed by atoms with van der Waals surface area (Å²) in [6, 6.07) is 16.2. The van der Waals surface area contributed by atoms with Crippen molar-refractivity contribution in [3.8, 4) is 0 Å². The molecular formula is C17H16BrNO. The Kier molecular flexibility index (Phi) is 3.17. The number of amides is 1. The van der Waals surface area contributed by atoms with Gasteiger partial charge < -0.3 is 4.90 Å². The molecule has 0 N–H and O–H groups in total. The summed E-state index contributed by atoms with van der Waals surface area (Å²) >= 11 is 3.48. The number of nitrogens with zero attached hydrogens (tertiary/aromatic N) is 1. The second-order valence-corrected chi connectivity index (χ2v) is 6.58. The molecule has 102 valence electrons. The Labute approximate surface area is 127 Å². The predicted molar refractivity (Wildman–Crippen MR) is 84.8 cm³/mol. The molecule has 0 saturated carbocycles. The van der Waals surface area contributed by atoms with Gasteiger partial charge in [0.1, 0.15) is 0 Å². The molecule has 2 aromatic carbocycles. The standard InChI is InChI=1S/C17H16BrNO/c1-17(2)14-8-3-4-9-15(14)19(16(17)20)11-12-6-5-7-13(18)10-12/h3-10H,11H2,1-2H3. The van der Waals surface area contributed by atoms with Crippen LogP contribution in [-0.2, 0) is 16.8 Å². The molecule has 3 rings (SSSR count). The summed E-state index contributed by atoms with van der Waals surface area (Å²) in [6.07, 6.45) is 0. The van der Waals surface area contributed by atoms with Gasteiger partial charge in [-0.2, -0.15) is 0 Å². The minimum Gasteiger partial charge on any atom is -0.307 e. The zero-order chi connectivity index (χ0) is 14.3. The van der Waals surface area contributed by atoms with Crippen LogP contribution in [0.1, 0.15) is 25.0 Å². The van der Waals surface area contributed by atoms with E-state index >= 15 is 0 Å². The molecular weight excluding hydrogens is 314 g/mol. The lowest BCUT2D eigenvalue weighted by atomic mass is 9.86. The highest BCUT2D eigenvalue weighted by Crippen LogP contribution is 2.41. The summed E-state index contributed by atoms with van der Waals surface area (Å²) < 4.78 is 1.04. The highest BCUT2D eigenvalue weighted by Gasteiger charge is 2.43. The van der Waals surface area contributed by atoms with E-state index in [4.69, 9.17) is 0 Å². The van der Waals surface area contributed by atoms with Crippen molar-refractivity contribution >= 4 is 27.5 Å². The van der Waals surface area contributed by atoms with Gasteiger partial charge in [-0.25, -0.2) is 0 Å². The molecule has 0 aromatic heterocycles. The molecule has 0 unspecified atom stereocenters. The zero-order valence-corrected chi connectivity index (χ0v) is 13.1. The molecule has 2 aromatic rings. The molecule has 1 heterocycles. The summed E-state index contributed by atoms with van der Waals surface area (Å²) in [4.78, 5) is 14.6. The van der Waals surface area contributed by atoms with Gasteiger partial charge in [0.15, 0.2) is 0 Å². The first-order chi connectivity index (χ1) is 9.50. The molecule has 0 aliphatic carbocycles. The first kappa shape index (κ1) is 13.4. The normalized spacial score (nSPS) is 16.4. The Morgan fingerprint density at radius 2 is 1.85 bits per heavy atom. The lowest BCUT2D eigenvalue weighted by Gasteiger charge is -2.20. The highest BCUT2D eigenvalue weighted by molar-refractivity contribution is 9.10. The number of carbonyl (C=O) groups excluding carboxylic acids is 1. The largest absolute Gasteiger partial charge is 0.307 e. The van der Waals surface area contributed by atoms with Gasteiger partial charge in [-0.15, -0.1) is 0 Å². The number of hydrogen-bond donors (Lipinski definition) is 0. The second kappa shape index (κ2) is 4.74. The summed E-state index contributed by atoms with van der Waals surface area (Å²) in [7, 11) is 0. The van der Waals surface area contributed by atoms with Gasteiger partial charge in [0, 0.05) is 10.2 Å². The molecule has 20 heavy (non-hydrogen) atoms. The summed E-state index contributed by atoms with van der Waals surface area (Å²) in [5.41, 5.74) is 2.82. The monoisotopic (exact) mass is 329 g/mol. The molecule has 0 radical (unpaired) electrons. The Morgan fingerprint density at radius 3 is 2.60 bits per heavy atom. The summed E-state index contributed by atoms with van der Waals surface area (Å²) in [5.74, 6) is 0.165. The lowest BCUT2D eigenvalue weighted by molar-refractivity contribution is -0.122. The molecule has 0 bridgehead atoms. The highest BCUT2D eigenvalue weighted by atomic mass is 79.9. The van der Waals surface area contributed by atoms with Gasteiger partial charge >= 0.3 is 0 Å². The van der Waals surface area contributed by atoms with Gasteiger partial charge in [-0.05, 0) is 43.2 Å². The number of halogens is 1. The third-order valence-electron chi connectivity index (χ3n) is 3.88. The van der Waals surface area contributed by atoms with Crippen LogP contribution in [0.2, 0.25) is 0 Å². The molecule has 0 saturated heterocycles. The maximum absolute atomic E-state index is 12.7. The van der Waals surface area contributed by atoms with Crippen LogP contribution in [-0.4, -0.2) is 5.91 Å². The van der Waals surface area contributed by atoms with E-state index < -0.39 is 5.41 Å². The number of fused-ring (bicyclic) bond motifs is 1. The first-order valence-electron chi connectivity index (χ1n) is 6.66. The van der Waals surface area contributed by atoms with E-state index in [1.807, 2.05) is 61.2 Å². The SMILES string of the molecule is CC1(C)C(=O)N(Cc2cccc(Br)c2)c2ccccc21. The van der Waals surface area contributed by atoms with E-state index in [1.165, 1.54) is 0 Å². The molecule has 1 amide bonds. The minimum atomic E-state index is -0.442. The van der Waals surface area contributed by atoms with Crippen molar-refractivity contribution in [2.75, 3.05) is 4.90 Å². The third kappa shape index (κ3) is 2.06. The molecule has 2 nitrogen and oxygen atoms in total. The van der Waals surface area contributed by atoms with Gasteiger partial charge in [-0.1, -0.05) is 46.3 Å². The average Bonchev–Trinajstić information content (AvgIpc) is 2.61. The van der Waals surface area contributed by atoms with Crippen LogP contribution in [0.4, 0.5) is 5.69 Å². The lowest BCUT2D eigenvalue weighted by Crippen LogP contribution is -2.35. The topological polar surface area (TPSA) is 20.3 Å². The molecule has 3 heteroatoms. The Morgan fingerprint density at radius 1 is 1.10 bits per heavy atom. The van der Waals surface area contributed by atoms with Crippen LogP contribution in [0, 0.1) is 0 Å². The number of anilines is 1. The van der Waals surface area contributed by atoms with Crippen LogP contribution in [0.5, 0.6) is 0 Å². The molecule has 1 aliphatic rings. The van der Waals surface area contributed by atoms with Crippen LogP contribution in [0.25, 0.3) is 0 Å². The van der Waals surface area contributed by atoms with E-state index in [-0.39, 0.29) is 5.91 Å². The van der Waals surface area contributed by atoms with E-state index in [0.717, 1.165) is 21.3 Å². The van der Waals surface area contributed by atoms with Gasteiger partial charge in [-0.3, -0.25) is 4.79 Å². The molecule has 0 fully saturated rings. The number of para-hydroxylation sites is 1. The van der Waals surface area contributed by atoms with Crippen molar-refractivity contribution in [2.24, 2.45) is 0 Å². The fourth-order valence-corrected chi connectivity index (χ4v) is 3.22. The van der Waals surface area contributed by atoms with Crippen molar-refractivity contribution in [3.63, 3.8) is 0 Å². The fourth-order valence-electron chi connectivity index (χ4n) is 2.77. The van der Waals surface area contributed by atoms with Crippen molar-refractivity contribution < 1.29 is 4.79 Å². The molecule has 0 spiro atoms. The van der Waals surface area contributed by atoms with E-state index in [0.29, 0.717) is 6.54 Å². The third-order valence-corrected chi connectivity index (χ3v) is 4.37. The summed E-state index contributed by atoms with van der Waals surface area (Å²) in [5, 5.41) is 0. The van der Waals surface area contributed by atoms with E-state index in [2.05, 4.69) is 22.0 Å². The van der Waals surface area contributed by atoms with Crippen LogP contribution in [0.15, 0.2) is 53.0 Å². The van der Waals surface area contributed by atoms with Crippen LogP contribution < -0.4 is 4.90 Å². The van der Waals surface area contributed by atoms with Crippen molar-refractivity contribution in [1.82, 2.24) is 0 Å². The quantitative estimate of drug-likeness (QED) is 0.805. The van der Waals surface area contributed by atoms with Gasteiger partial charge in [0.05, 0.1) is 12.0 Å². The second-order valence-electron chi connectivity index (χ2n) is 5.66. The van der Waals surface area contributed by atoms with Crippen molar-refractivity contribution in [2.45, 2.75) is 25.8 Å². The van der Waals surface area contributed by atoms with E-state index in [1.54, 1.807) is 0 Å². The number of rotatable bonds is 2. The summed E-state index contributed by atoms with van der Waals surface area (Å²) in [6.45, 7) is 4.60. The van der Waals surface area contributed by atoms with Crippen molar-refractivity contribution in [1.29, 1.82) is 0 Å². The number of carbonyl (C=O) groups is 1. The average molecular weight is 330 g/mol. The smallest absolute Gasteiger partial charge is 0.237 e. The zero-order valence-electron chi connectivity index (χ0n) is 11.6. The van der Waals surface area contributed by atoms with Crippen LogP contribution in [0.3, 0.4) is 0 Å². The fraction of sp³-hybridized carbons (Fsp3) is 0.235. The predicted octanol–water partition coefficient (Wildman–Crippen LogP) is 4.27. The Balaban J connectivity index is 2.01. The van der Waals surface area contributed by atoms with Crippen LogP contribution >= 0.6 is 15.9 Å². The molecule has 0 atom stereocenters. The molecule has 1 aliphatic heterocycles. The minimum absolute atomic E-state index is 0.165. The van der Waals surface area contributed by atoms with Gasteiger partial charge in [0.25, 0.3) is 0 Å². The number of benzene rings is 2. The maximum atomic E-state index is 12.7.